The van der Waals surface area contributed by atoms with Gasteiger partial charge in [-0.05, 0) is 23.8 Å². The van der Waals surface area contributed by atoms with Crippen LogP contribution in [0.15, 0.2) is 35.7 Å². The predicted molar refractivity (Wildman–Crippen MR) is 78.7 cm³/mol. The van der Waals surface area contributed by atoms with Crippen molar-refractivity contribution >= 4 is 11.3 Å². The summed E-state index contributed by atoms with van der Waals surface area (Å²) >= 11 is 1.54. The molecule has 0 aliphatic heterocycles. The fourth-order valence-corrected chi connectivity index (χ4v) is 2.61. The summed E-state index contributed by atoms with van der Waals surface area (Å²) in [6, 6.07) is 11.4. The summed E-state index contributed by atoms with van der Waals surface area (Å²) in [7, 11) is 1.60. The number of hydrogen-bond donors (Lipinski definition) is 2. The van der Waals surface area contributed by atoms with Gasteiger partial charge in [0.15, 0.2) is 0 Å². The van der Waals surface area contributed by atoms with E-state index in [0.29, 0.717) is 18.7 Å². The van der Waals surface area contributed by atoms with E-state index >= 15 is 0 Å². The Hall–Kier alpha value is -1.87. The molecule has 104 valence electrons. The number of aliphatic hydroxyl groups excluding tert-OH is 1. The van der Waals surface area contributed by atoms with E-state index in [-0.39, 0.29) is 0 Å². The summed E-state index contributed by atoms with van der Waals surface area (Å²) in [6.07, 6.45) is -0.583. The molecule has 0 bridgehead atoms. The van der Waals surface area contributed by atoms with Crippen molar-refractivity contribution < 1.29 is 9.84 Å². The predicted octanol–water partition coefficient (Wildman–Crippen LogP) is 2.45. The molecule has 0 spiro atoms. The summed E-state index contributed by atoms with van der Waals surface area (Å²) in [5.41, 5.74) is 1.50. The Kier molecular flexibility index (Phi) is 5.13. The summed E-state index contributed by atoms with van der Waals surface area (Å²) < 4.78 is 5.13. The normalized spacial score (nSPS) is 11.8. The highest BCUT2D eigenvalue weighted by Gasteiger charge is 2.08. The number of thiophene rings is 1. The number of ether oxygens (including phenoxy) is 1. The Morgan fingerprint density at radius 1 is 1.45 bits per heavy atom. The van der Waals surface area contributed by atoms with Crippen LogP contribution >= 0.6 is 11.3 Å². The van der Waals surface area contributed by atoms with Crippen LogP contribution in [0.4, 0.5) is 0 Å². The summed E-state index contributed by atoms with van der Waals surface area (Å²) in [6.45, 7) is 1.10. The number of aliphatic hydroxyl groups is 1. The molecule has 0 saturated heterocycles. The van der Waals surface area contributed by atoms with Crippen LogP contribution in [0.1, 0.15) is 22.1 Å². The summed E-state index contributed by atoms with van der Waals surface area (Å²) in [4.78, 5) is 1.08. The van der Waals surface area contributed by atoms with Crippen LogP contribution in [0.5, 0.6) is 5.75 Å². The molecule has 1 aromatic carbocycles. The first kappa shape index (κ1) is 14.5. The molecule has 20 heavy (non-hydrogen) atoms. The first-order valence-electron chi connectivity index (χ1n) is 6.23. The average molecular weight is 288 g/mol. The summed E-state index contributed by atoms with van der Waals surface area (Å²) in [5, 5.41) is 23.9. The van der Waals surface area contributed by atoms with Crippen molar-refractivity contribution in [3.05, 3.63) is 51.7 Å². The SMILES string of the molecule is COc1cccc(C(O)CNCc2cc(C#N)cs2)c1. The zero-order chi connectivity index (χ0) is 14.4. The van der Waals surface area contributed by atoms with Crippen molar-refractivity contribution in [2.75, 3.05) is 13.7 Å². The van der Waals surface area contributed by atoms with Crippen molar-refractivity contribution in [3.63, 3.8) is 0 Å². The van der Waals surface area contributed by atoms with E-state index in [1.54, 1.807) is 18.4 Å². The molecule has 1 atom stereocenters. The monoisotopic (exact) mass is 288 g/mol. The lowest BCUT2D eigenvalue weighted by Crippen LogP contribution is -2.20. The van der Waals surface area contributed by atoms with Crippen molar-refractivity contribution in [3.8, 4) is 11.8 Å². The quantitative estimate of drug-likeness (QED) is 0.857. The minimum Gasteiger partial charge on any atom is -0.497 e. The van der Waals surface area contributed by atoms with Crippen LogP contribution in [0.2, 0.25) is 0 Å². The zero-order valence-corrected chi connectivity index (χ0v) is 12.0. The van der Waals surface area contributed by atoms with Gasteiger partial charge in [0.1, 0.15) is 11.8 Å². The minimum atomic E-state index is -0.583. The number of benzene rings is 1. The van der Waals surface area contributed by atoms with E-state index in [1.807, 2.05) is 35.7 Å². The molecule has 1 heterocycles. The maximum absolute atomic E-state index is 10.1. The van der Waals surface area contributed by atoms with Gasteiger partial charge in [-0.25, -0.2) is 0 Å². The first-order chi connectivity index (χ1) is 9.72. The number of nitrogens with zero attached hydrogens (tertiary/aromatic N) is 1. The van der Waals surface area contributed by atoms with E-state index in [1.165, 1.54) is 0 Å². The highest BCUT2D eigenvalue weighted by Crippen LogP contribution is 2.19. The molecular formula is C15H16N2O2S. The molecule has 0 radical (unpaired) electrons. The Morgan fingerprint density at radius 3 is 3.00 bits per heavy atom. The molecule has 2 rings (SSSR count). The van der Waals surface area contributed by atoms with E-state index in [0.717, 1.165) is 16.2 Å². The largest absolute Gasteiger partial charge is 0.497 e. The molecule has 5 heteroatoms. The van der Waals surface area contributed by atoms with Crippen molar-refractivity contribution in [1.29, 1.82) is 5.26 Å². The Morgan fingerprint density at radius 2 is 2.30 bits per heavy atom. The third-order valence-corrected chi connectivity index (χ3v) is 3.84. The Labute approximate surface area is 122 Å². The topological polar surface area (TPSA) is 65.3 Å². The van der Waals surface area contributed by atoms with Gasteiger partial charge in [0.05, 0.1) is 18.8 Å². The van der Waals surface area contributed by atoms with Gasteiger partial charge in [0.2, 0.25) is 0 Å². The van der Waals surface area contributed by atoms with Gasteiger partial charge in [0, 0.05) is 23.3 Å². The molecule has 2 aromatic rings. The van der Waals surface area contributed by atoms with Crippen molar-refractivity contribution in [2.24, 2.45) is 0 Å². The molecule has 0 amide bonds. The fourth-order valence-electron chi connectivity index (χ4n) is 1.83. The molecule has 0 fully saturated rings. The van der Waals surface area contributed by atoms with E-state index < -0.39 is 6.10 Å². The van der Waals surface area contributed by atoms with Crippen LogP contribution in [-0.2, 0) is 6.54 Å². The maximum atomic E-state index is 10.1. The van der Waals surface area contributed by atoms with Crippen LogP contribution in [0.3, 0.4) is 0 Å². The third-order valence-electron chi connectivity index (χ3n) is 2.90. The standard InChI is InChI=1S/C15H16N2O2S/c1-19-13-4-2-3-12(6-13)15(18)9-17-8-14-5-11(7-16)10-20-14/h2-6,10,15,17-18H,8-9H2,1H3. The lowest BCUT2D eigenvalue weighted by Gasteiger charge is -2.12. The number of nitriles is 1. The Balaban J connectivity index is 1.85. The second-order valence-corrected chi connectivity index (χ2v) is 5.33. The smallest absolute Gasteiger partial charge is 0.119 e. The number of methoxy groups -OCH3 is 1. The van der Waals surface area contributed by atoms with Crippen molar-refractivity contribution in [1.82, 2.24) is 5.32 Å². The average Bonchev–Trinajstić information content (AvgIpc) is 2.95. The second-order valence-electron chi connectivity index (χ2n) is 4.34. The molecule has 0 saturated carbocycles. The van der Waals surface area contributed by atoms with Gasteiger partial charge in [-0.1, -0.05) is 12.1 Å². The van der Waals surface area contributed by atoms with Gasteiger partial charge in [-0.15, -0.1) is 11.3 Å². The number of rotatable bonds is 6. The van der Waals surface area contributed by atoms with Gasteiger partial charge in [-0.2, -0.15) is 5.26 Å². The highest BCUT2D eigenvalue weighted by molar-refractivity contribution is 7.10. The van der Waals surface area contributed by atoms with E-state index in [2.05, 4.69) is 11.4 Å². The van der Waals surface area contributed by atoms with Gasteiger partial charge in [-0.3, -0.25) is 0 Å². The molecule has 1 aromatic heterocycles. The number of nitrogens with one attached hydrogen (secondary N) is 1. The second kappa shape index (κ2) is 7.06. The molecule has 4 nitrogen and oxygen atoms in total. The summed E-state index contributed by atoms with van der Waals surface area (Å²) in [5.74, 6) is 0.735. The van der Waals surface area contributed by atoms with Gasteiger partial charge < -0.3 is 15.2 Å². The molecule has 2 N–H and O–H groups in total. The fraction of sp³-hybridized carbons (Fsp3) is 0.267. The third kappa shape index (κ3) is 3.81. The Bertz CT molecular complexity index is 604. The highest BCUT2D eigenvalue weighted by atomic mass is 32.1. The lowest BCUT2D eigenvalue weighted by molar-refractivity contribution is 0.174. The molecule has 1 unspecified atom stereocenters. The number of hydrogen-bond acceptors (Lipinski definition) is 5. The van der Waals surface area contributed by atoms with Crippen LogP contribution in [0, 0.1) is 11.3 Å². The maximum Gasteiger partial charge on any atom is 0.119 e. The lowest BCUT2D eigenvalue weighted by atomic mass is 10.1. The van der Waals surface area contributed by atoms with E-state index in [4.69, 9.17) is 10.00 Å². The van der Waals surface area contributed by atoms with Gasteiger partial charge >= 0.3 is 0 Å². The molecular weight excluding hydrogens is 272 g/mol. The zero-order valence-electron chi connectivity index (χ0n) is 11.2. The van der Waals surface area contributed by atoms with Gasteiger partial charge in [0.25, 0.3) is 0 Å². The van der Waals surface area contributed by atoms with Crippen LogP contribution in [0.25, 0.3) is 0 Å². The minimum absolute atomic E-state index is 0.451. The molecule has 0 aliphatic rings. The molecule has 0 aliphatic carbocycles. The first-order valence-corrected chi connectivity index (χ1v) is 7.11. The van der Waals surface area contributed by atoms with Crippen molar-refractivity contribution in [2.45, 2.75) is 12.6 Å². The van der Waals surface area contributed by atoms with Crippen LogP contribution in [-0.4, -0.2) is 18.8 Å². The van der Waals surface area contributed by atoms with E-state index in [9.17, 15) is 5.11 Å². The van der Waals surface area contributed by atoms with Crippen LogP contribution < -0.4 is 10.1 Å².